The number of hydrogen-bond donors (Lipinski definition) is 2. The molecule has 0 saturated carbocycles. The maximum absolute atomic E-state index is 13.0. The molecule has 0 aromatic heterocycles. The van der Waals surface area contributed by atoms with Crippen molar-refractivity contribution in [2.45, 2.75) is 25.4 Å². The second-order valence-corrected chi connectivity index (χ2v) is 6.69. The van der Waals surface area contributed by atoms with Gasteiger partial charge in [0.25, 0.3) is 5.91 Å². The minimum absolute atomic E-state index is 0.0580. The molecule has 1 aliphatic rings. The standard InChI is InChI=1S/C20H22F3N3O2/c21-20(22,23)16-8-15(11-24)9-17(10-16)25-19(27)18-13-26(6-7-28-18)12-14-4-2-1-3-5-14/h1-5,8-10,18H,6-7,11-13,24H2,(H,25,27). The van der Waals surface area contributed by atoms with Gasteiger partial charge in [-0.1, -0.05) is 30.3 Å². The summed E-state index contributed by atoms with van der Waals surface area (Å²) < 4.78 is 44.7. The lowest BCUT2D eigenvalue weighted by atomic mass is 10.1. The Morgan fingerprint density at radius 2 is 1.93 bits per heavy atom. The number of rotatable bonds is 5. The van der Waals surface area contributed by atoms with E-state index in [1.807, 2.05) is 30.3 Å². The van der Waals surface area contributed by atoms with Crippen molar-refractivity contribution in [1.82, 2.24) is 4.90 Å². The highest BCUT2D eigenvalue weighted by Crippen LogP contribution is 2.32. The van der Waals surface area contributed by atoms with E-state index in [4.69, 9.17) is 10.5 Å². The van der Waals surface area contributed by atoms with E-state index >= 15 is 0 Å². The number of nitrogens with one attached hydrogen (secondary N) is 1. The van der Waals surface area contributed by atoms with Gasteiger partial charge in [-0.2, -0.15) is 13.2 Å². The zero-order valence-electron chi connectivity index (χ0n) is 15.2. The Kier molecular flexibility index (Phi) is 6.33. The van der Waals surface area contributed by atoms with E-state index in [0.29, 0.717) is 31.8 Å². The molecule has 1 heterocycles. The fraction of sp³-hybridized carbons (Fsp3) is 0.350. The first-order chi connectivity index (χ1) is 13.3. The van der Waals surface area contributed by atoms with Gasteiger partial charge in [-0.05, 0) is 29.3 Å². The molecule has 1 unspecified atom stereocenters. The van der Waals surface area contributed by atoms with Gasteiger partial charge < -0.3 is 15.8 Å². The SMILES string of the molecule is NCc1cc(NC(=O)C2CN(Cc3ccccc3)CCO2)cc(C(F)(F)F)c1. The van der Waals surface area contributed by atoms with E-state index in [0.717, 1.165) is 17.7 Å². The van der Waals surface area contributed by atoms with Crippen molar-refractivity contribution in [3.8, 4) is 0 Å². The molecule has 2 aromatic carbocycles. The summed E-state index contributed by atoms with van der Waals surface area (Å²) in [5, 5.41) is 2.54. The zero-order chi connectivity index (χ0) is 20.1. The van der Waals surface area contributed by atoms with Crippen LogP contribution < -0.4 is 11.1 Å². The Bertz CT molecular complexity index is 812. The molecule has 2 aromatic rings. The molecule has 0 spiro atoms. The summed E-state index contributed by atoms with van der Waals surface area (Å²) in [6.45, 7) is 2.04. The van der Waals surface area contributed by atoms with Crippen LogP contribution in [0.1, 0.15) is 16.7 Å². The van der Waals surface area contributed by atoms with Crippen molar-refractivity contribution >= 4 is 11.6 Å². The first kappa shape index (κ1) is 20.3. The Morgan fingerprint density at radius 3 is 2.61 bits per heavy atom. The van der Waals surface area contributed by atoms with Gasteiger partial charge in [-0.3, -0.25) is 9.69 Å². The van der Waals surface area contributed by atoms with E-state index in [1.165, 1.54) is 6.07 Å². The molecular formula is C20H22F3N3O2. The van der Waals surface area contributed by atoms with Crippen molar-refractivity contribution in [3.05, 3.63) is 65.2 Å². The average Bonchev–Trinajstić information content (AvgIpc) is 2.68. The lowest BCUT2D eigenvalue weighted by molar-refractivity contribution is -0.137. The van der Waals surface area contributed by atoms with Gasteiger partial charge in [-0.15, -0.1) is 0 Å². The highest BCUT2D eigenvalue weighted by molar-refractivity contribution is 5.94. The monoisotopic (exact) mass is 393 g/mol. The van der Waals surface area contributed by atoms with E-state index < -0.39 is 23.8 Å². The van der Waals surface area contributed by atoms with E-state index in [9.17, 15) is 18.0 Å². The third kappa shape index (κ3) is 5.31. The fourth-order valence-electron chi connectivity index (χ4n) is 3.11. The van der Waals surface area contributed by atoms with E-state index in [2.05, 4.69) is 10.2 Å². The van der Waals surface area contributed by atoms with Gasteiger partial charge in [0.05, 0.1) is 12.2 Å². The summed E-state index contributed by atoms with van der Waals surface area (Å²) in [6, 6.07) is 13.2. The Balaban J connectivity index is 1.67. The minimum Gasteiger partial charge on any atom is -0.366 e. The number of anilines is 1. The highest BCUT2D eigenvalue weighted by Gasteiger charge is 2.32. The van der Waals surface area contributed by atoms with Gasteiger partial charge in [0.1, 0.15) is 6.10 Å². The van der Waals surface area contributed by atoms with Crippen molar-refractivity contribution in [3.63, 3.8) is 0 Å². The maximum Gasteiger partial charge on any atom is 0.416 e. The molecule has 150 valence electrons. The molecule has 1 amide bonds. The molecule has 1 saturated heterocycles. The number of benzene rings is 2. The molecule has 1 aliphatic heterocycles. The molecule has 1 atom stereocenters. The number of ether oxygens (including phenoxy) is 1. The van der Waals surface area contributed by atoms with Crippen LogP contribution in [0.5, 0.6) is 0 Å². The maximum atomic E-state index is 13.0. The number of carbonyl (C=O) groups excluding carboxylic acids is 1. The van der Waals surface area contributed by atoms with Crippen molar-refractivity contribution in [2.75, 3.05) is 25.0 Å². The summed E-state index contributed by atoms with van der Waals surface area (Å²) in [5.41, 5.74) is 6.11. The Labute approximate surface area is 161 Å². The van der Waals surface area contributed by atoms with Crippen LogP contribution in [-0.2, 0) is 28.8 Å². The number of amides is 1. The number of morpholine rings is 1. The van der Waals surface area contributed by atoms with Crippen LogP contribution in [0.25, 0.3) is 0 Å². The lowest BCUT2D eigenvalue weighted by Gasteiger charge is -2.32. The fourth-order valence-corrected chi connectivity index (χ4v) is 3.11. The van der Waals surface area contributed by atoms with Crippen LogP contribution >= 0.6 is 0 Å². The first-order valence-corrected chi connectivity index (χ1v) is 8.95. The van der Waals surface area contributed by atoms with E-state index in [-0.39, 0.29) is 12.2 Å². The summed E-state index contributed by atoms with van der Waals surface area (Å²) in [6.07, 6.45) is -5.27. The summed E-state index contributed by atoms with van der Waals surface area (Å²) in [4.78, 5) is 14.6. The van der Waals surface area contributed by atoms with Gasteiger partial charge in [-0.25, -0.2) is 0 Å². The molecule has 28 heavy (non-hydrogen) atoms. The molecule has 3 rings (SSSR count). The highest BCUT2D eigenvalue weighted by atomic mass is 19.4. The number of hydrogen-bond acceptors (Lipinski definition) is 4. The minimum atomic E-state index is -4.52. The molecular weight excluding hydrogens is 371 g/mol. The Morgan fingerprint density at radius 1 is 1.18 bits per heavy atom. The summed E-state index contributed by atoms with van der Waals surface area (Å²) >= 11 is 0. The molecule has 0 radical (unpaired) electrons. The van der Waals surface area contributed by atoms with Gasteiger partial charge in [0, 0.05) is 31.9 Å². The van der Waals surface area contributed by atoms with Crippen LogP contribution in [0.2, 0.25) is 0 Å². The van der Waals surface area contributed by atoms with Crippen LogP contribution in [0.15, 0.2) is 48.5 Å². The average molecular weight is 393 g/mol. The van der Waals surface area contributed by atoms with Crippen LogP contribution in [-0.4, -0.2) is 36.6 Å². The molecule has 0 aliphatic carbocycles. The van der Waals surface area contributed by atoms with Crippen molar-refractivity contribution < 1.29 is 22.7 Å². The summed E-state index contributed by atoms with van der Waals surface area (Å²) in [5.74, 6) is -0.472. The molecule has 3 N–H and O–H groups in total. The predicted molar refractivity (Wildman–Crippen MR) is 99.4 cm³/mol. The first-order valence-electron chi connectivity index (χ1n) is 8.95. The second kappa shape index (κ2) is 8.72. The Hall–Kier alpha value is -2.42. The number of nitrogens with two attached hydrogens (primary N) is 1. The smallest absolute Gasteiger partial charge is 0.366 e. The number of halogens is 3. The quantitative estimate of drug-likeness (QED) is 0.820. The number of nitrogens with zero attached hydrogens (tertiary/aromatic N) is 1. The van der Waals surface area contributed by atoms with E-state index in [1.54, 1.807) is 0 Å². The third-order valence-electron chi connectivity index (χ3n) is 4.52. The van der Waals surface area contributed by atoms with Gasteiger partial charge >= 0.3 is 6.18 Å². The molecule has 5 nitrogen and oxygen atoms in total. The van der Waals surface area contributed by atoms with Crippen LogP contribution in [0.4, 0.5) is 18.9 Å². The third-order valence-corrected chi connectivity index (χ3v) is 4.52. The number of carbonyl (C=O) groups is 1. The van der Waals surface area contributed by atoms with Gasteiger partial charge in [0.15, 0.2) is 0 Å². The van der Waals surface area contributed by atoms with Crippen LogP contribution in [0.3, 0.4) is 0 Å². The lowest BCUT2D eigenvalue weighted by Crippen LogP contribution is -2.47. The normalized spacial score (nSPS) is 18.1. The zero-order valence-corrected chi connectivity index (χ0v) is 15.2. The number of alkyl halides is 3. The summed E-state index contributed by atoms with van der Waals surface area (Å²) in [7, 11) is 0. The molecule has 0 bridgehead atoms. The predicted octanol–water partition coefficient (Wildman–Crippen LogP) is 3.00. The molecule has 8 heteroatoms. The second-order valence-electron chi connectivity index (χ2n) is 6.69. The van der Waals surface area contributed by atoms with Crippen LogP contribution in [0, 0.1) is 0 Å². The largest absolute Gasteiger partial charge is 0.416 e. The van der Waals surface area contributed by atoms with Crippen molar-refractivity contribution in [1.29, 1.82) is 0 Å². The topological polar surface area (TPSA) is 67.6 Å². The molecule has 1 fully saturated rings. The van der Waals surface area contributed by atoms with Gasteiger partial charge in [0.2, 0.25) is 0 Å². The van der Waals surface area contributed by atoms with Crippen molar-refractivity contribution in [2.24, 2.45) is 5.73 Å².